The van der Waals surface area contributed by atoms with Crippen LogP contribution in [-0.4, -0.2) is 7.11 Å². The lowest BCUT2D eigenvalue weighted by molar-refractivity contribution is 0.316. The summed E-state index contributed by atoms with van der Waals surface area (Å²) in [5.74, 6) is 0.553. The zero-order valence-corrected chi connectivity index (χ0v) is 8.28. The first kappa shape index (κ1) is 8.88. The van der Waals surface area contributed by atoms with Crippen LogP contribution in [0.4, 0.5) is 0 Å². The molecular weight excluding hydrogens is 176 g/mol. The number of hydrogen-bond donors (Lipinski definition) is 0. The highest BCUT2D eigenvalue weighted by molar-refractivity contribution is 5.81. The van der Waals surface area contributed by atoms with Gasteiger partial charge in [0.1, 0.15) is 5.58 Å². The summed E-state index contributed by atoms with van der Waals surface area (Å²) >= 11 is 0. The van der Waals surface area contributed by atoms with Crippen LogP contribution in [0.25, 0.3) is 17.0 Å². The van der Waals surface area contributed by atoms with Crippen molar-refractivity contribution in [2.75, 3.05) is 7.11 Å². The van der Waals surface area contributed by atoms with Crippen molar-refractivity contribution in [3.05, 3.63) is 35.9 Å². The molecule has 2 heteroatoms. The molecule has 0 aliphatic heterocycles. The fourth-order valence-electron chi connectivity index (χ4n) is 1.43. The summed E-state index contributed by atoms with van der Waals surface area (Å²) in [5, 5.41) is 1.07. The van der Waals surface area contributed by atoms with Crippen LogP contribution in [0.3, 0.4) is 0 Å². The van der Waals surface area contributed by atoms with Crippen LogP contribution in [0.1, 0.15) is 12.5 Å². The van der Waals surface area contributed by atoms with Crippen molar-refractivity contribution in [3.8, 4) is 5.95 Å². The molecule has 0 fully saturated rings. The predicted molar refractivity (Wildman–Crippen MR) is 57.5 cm³/mol. The second-order valence-electron chi connectivity index (χ2n) is 3.07. The molecule has 0 spiro atoms. The maximum absolute atomic E-state index is 5.40. The molecule has 0 unspecified atom stereocenters. The molecule has 0 aliphatic rings. The molecule has 0 saturated carbocycles. The van der Waals surface area contributed by atoms with E-state index in [0.29, 0.717) is 5.95 Å². The first-order valence-corrected chi connectivity index (χ1v) is 4.54. The Labute approximate surface area is 82.8 Å². The minimum Gasteiger partial charge on any atom is -0.468 e. The molecule has 0 bridgehead atoms. The molecule has 72 valence electrons. The van der Waals surface area contributed by atoms with Crippen LogP contribution in [0.5, 0.6) is 5.95 Å². The molecule has 1 heterocycles. The van der Waals surface area contributed by atoms with Crippen molar-refractivity contribution in [3.63, 3.8) is 0 Å². The number of benzene rings is 1. The fourth-order valence-corrected chi connectivity index (χ4v) is 1.43. The highest BCUT2D eigenvalue weighted by Crippen LogP contribution is 2.25. The lowest BCUT2D eigenvalue weighted by Gasteiger charge is -1.91. The number of hydrogen-bond acceptors (Lipinski definition) is 2. The summed E-state index contributed by atoms with van der Waals surface area (Å²) in [7, 11) is 1.60. The van der Waals surface area contributed by atoms with E-state index in [2.05, 4.69) is 12.1 Å². The quantitative estimate of drug-likeness (QED) is 0.720. The van der Waals surface area contributed by atoms with Crippen molar-refractivity contribution in [2.24, 2.45) is 0 Å². The van der Waals surface area contributed by atoms with Crippen molar-refractivity contribution in [1.29, 1.82) is 0 Å². The highest BCUT2D eigenvalue weighted by atomic mass is 16.6. The summed E-state index contributed by atoms with van der Waals surface area (Å²) in [6, 6.07) is 7.93. The molecule has 2 aromatic rings. The van der Waals surface area contributed by atoms with Gasteiger partial charge in [-0.15, -0.1) is 0 Å². The Morgan fingerprint density at radius 3 is 2.86 bits per heavy atom. The molecule has 0 N–H and O–H groups in total. The maximum Gasteiger partial charge on any atom is 0.285 e. The van der Waals surface area contributed by atoms with Gasteiger partial charge >= 0.3 is 0 Å². The van der Waals surface area contributed by atoms with E-state index < -0.39 is 0 Å². The molecule has 2 rings (SSSR count). The van der Waals surface area contributed by atoms with Gasteiger partial charge in [-0.05, 0) is 24.6 Å². The summed E-state index contributed by atoms with van der Waals surface area (Å²) in [4.78, 5) is 0. The van der Waals surface area contributed by atoms with Crippen molar-refractivity contribution < 1.29 is 9.15 Å². The van der Waals surface area contributed by atoms with Crippen molar-refractivity contribution >= 4 is 17.0 Å². The van der Waals surface area contributed by atoms with E-state index in [9.17, 15) is 0 Å². The number of ether oxygens (including phenoxy) is 1. The van der Waals surface area contributed by atoms with Gasteiger partial charge < -0.3 is 9.15 Å². The van der Waals surface area contributed by atoms with Gasteiger partial charge in [0.15, 0.2) is 0 Å². The number of fused-ring (bicyclic) bond motifs is 1. The van der Waals surface area contributed by atoms with Crippen LogP contribution in [0, 0.1) is 0 Å². The smallest absolute Gasteiger partial charge is 0.285 e. The molecule has 14 heavy (non-hydrogen) atoms. The van der Waals surface area contributed by atoms with Crippen LogP contribution in [-0.2, 0) is 0 Å². The Kier molecular flexibility index (Phi) is 2.27. The minimum absolute atomic E-state index is 0.553. The van der Waals surface area contributed by atoms with E-state index in [1.54, 1.807) is 7.11 Å². The van der Waals surface area contributed by atoms with Gasteiger partial charge in [-0.25, -0.2) is 0 Å². The number of rotatable bonds is 2. The average molecular weight is 188 g/mol. The SMILES string of the molecule is CC=Cc1ccc2oc(OC)cc2c1. The minimum atomic E-state index is 0.553. The van der Waals surface area contributed by atoms with Gasteiger partial charge in [-0.1, -0.05) is 18.2 Å². The third-order valence-corrected chi connectivity index (χ3v) is 2.08. The summed E-state index contributed by atoms with van der Waals surface area (Å²) in [5.41, 5.74) is 2.03. The van der Waals surface area contributed by atoms with Gasteiger partial charge in [-0.2, -0.15) is 0 Å². The van der Waals surface area contributed by atoms with Gasteiger partial charge in [0, 0.05) is 11.5 Å². The van der Waals surface area contributed by atoms with Crippen molar-refractivity contribution in [2.45, 2.75) is 6.92 Å². The number of allylic oxidation sites excluding steroid dienone is 1. The second kappa shape index (κ2) is 3.58. The van der Waals surface area contributed by atoms with E-state index >= 15 is 0 Å². The van der Waals surface area contributed by atoms with Crippen LogP contribution >= 0.6 is 0 Å². The van der Waals surface area contributed by atoms with Crippen LogP contribution in [0.15, 0.2) is 34.8 Å². The third kappa shape index (κ3) is 1.51. The van der Waals surface area contributed by atoms with E-state index in [1.807, 2.05) is 31.2 Å². The summed E-state index contributed by atoms with van der Waals surface area (Å²) in [6.07, 6.45) is 4.07. The van der Waals surface area contributed by atoms with E-state index in [0.717, 1.165) is 11.0 Å². The molecule has 2 nitrogen and oxygen atoms in total. The standard InChI is InChI=1S/C12H12O2/c1-3-4-9-5-6-11-10(7-9)8-12(13-2)14-11/h3-8H,1-2H3. The lowest BCUT2D eigenvalue weighted by Crippen LogP contribution is -1.75. The maximum atomic E-state index is 5.40. The molecule has 0 amide bonds. The van der Waals surface area contributed by atoms with Gasteiger partial charge in [-0.3, -0.25) is 0 Å². The Morgan fingerprint density at radius 1 is 1.29 bits per heavy atom. The Morgan fingerprint density at radius 2 is 2.14 bits per heavy atom. The summed E-state index contributed by atoms with van der Waals surface area (Å²) in [6.45, 7) is 2.00. The molecule has 1 aromatic carbocycles. The van der Waals surface area contributed by atoms with Gasteiger partial charge in [0.2, 0.25) is 0 Å². The molecule has 0 atom stereocenters. The fraction of sp³-hybridized carbons (Fsp3) is 0.167. The van der Waals surface area contributed by atoms with E-state index in [1.165, 1.54) is 5.56 Å². The average Bonchev–Trinajstić information content (AvgIpc) is 2.60. The third-order valence-electron chi connectivity index (χ3n) is 2.08. The molecular formula is C12H12O2. The van der Waals surface area contributed by atoms with Crippen LogP contribution < -0.4 is 4.74 Å². The molecule has 0 aliphatic carbocycles. The first-order chi connectivity index (χ1) is 6.83. The second-order valence-corrected chi connectivity index (χ2v) is 3.07. The number of furan rings is 1. The van der Waals surface area contributed by atoms with Gasteiger partial charge in [0.25, 0.3) is 5.95 Å². The zero-order chi connectivity index (χ0) is 9.97. The van der Waals surface area contributed by atoms with E-state index in [-0.39, 0.29) is 0 Å². The number of methoxy groups -OCH3 is 1. The van der Waals surface area contributed by atoms with Gasteiger partial charge in [0.05, 0.1) is 7.11 Å². The largest absolute Gasteiger partial charge is 0.468 e. The van der Waals surface area contributed by atoms with E-state index in [4.69, 9.17) is 9.15 Å². The Balaban J connectivity index is 2.53. The molecule has 1 aromatic heterocycles. The summed E-state index contributed by atoms with van der Waals surface area (Å²) < 4.78 is 10.4. The van der Waals surface area contributed by atoms with Crippen molar-refractivity contribution in [1.82, 2.24) is 0 Å². The Bertz CT molecular complexity index is 466. The Hall–Kier alpha value is -1.70. The normalized spacial score (nSPS) is 11.3. The first-order valence-electron chi connectivity index (χ1n) is 4.54. The zero-order valence-electron chi connectivity index (χ0n) is 8.28. The topological polar surface area (TPSA) is 22.4 Å². The predicted octanol–water partition coefficient (Wildman–Crippen LogP) is 3.47. The lowest BCUT2D eigenvalue weighted by atomic mass is 10.1. The molecule has 0 saturated heterocycles. The van der Waals surface area contributed by atoms with Crippen LogP contribution in [0.2, 0.25) is 0 Å². The molecule has 0 radical (unpaired) electrons. The monoisotopic (exact) mass is 188 g/mol. The highest BCUT2D eigenvalue weighted by Gasteiger charge is 2.02.